The minimum atomic E-state index is -3.42. The summed E-state index contributed by atoms with van der Waals surface area (Å²) in [7, 11) is -3.42. The van der Waals surface area contributed by atoms with E-state index in [1.165, 1.54) is 0 Å². The molecule has 1 atom stereocenters. The lowest BCUT2D eigenvalue weighted by Crippen LogP contribution is -2.25. The van der Waals surface area contributed by atoms with Crippen LogP contribution in [0.1, 0.15) is 33.3 Å². The molecule has 0 radical (unpaired) electrons. The van der Waals surface area contributed by atoms with Crippen molar-refractivity contribution in [1.82, 2.24) is 0 Å². The molecule has 0 fully saturated rings. The summed E-state index contributed by atoms with van der Waals surface area (Å²) in [6.45, 7) is 7.76. The van der Waals surface area contributed by atoms with Crippen LogP contribution in [0.2, 0.25) is 0 Å². The summed E-state index contributed by atoms with van der Waals surface area (Å²) >= 11 is 0. The van der Waals surface area contributed by atoms with Crippen molar-refractivity contribution in [2.75, 3.05) is 19.5 Å². The molecule has 1 aromatic rings. The predicted molar refractivity (Wildman–Crippen MR) is 99.9 cm³/mol. The molecule has 0 amide bonds. The number of ether oxygens (including phenoxy) is 2. The summed E-state index contributed by atoms with van der Waals surface area (Å²) in [4.78, 5) is 2.74. The summed E-state index contributed by atoms with van der Waals surface area (Å²) in [5.41, 5.74) is 9.56. The molecule has 26 heavy (non-hydrogen) atoms. The van der Waals surface area contributed by atoms with Gasteiger partial charge in [0, 0.05) is 4.91 Å². The minimum Gasteiger partial charge on any atom is -0.374 e. The largest absolute Gasteiger partial charge is 0.374 e. The normalized spacial score (nSPS) is 13.0. The van der Waals surface area contributed by atoms with Gasteiger partial charge in [-0.25, -0.2) is 0 Å². The van der Waals surface area contributed by atoms with E-state index < -0.39 is 13.7 Å². The topological polar surface area (TPSA) is 103 Å². The lowest BCUT2D eigenvalue weighted by molar-refractivity contribution is -0.00972. The van der Waals surface area contributed by atoms with Gasteiger partial charge >= 0.3 is 7.60 Å². The second kappa shape index (κ2) is 12.1. The molecule has 0 spiro atoms. The first-order valence-electron chi connectivity index (χ1n) is 8.54. The molecule has 0 saturated heterocycles. The van der Waals surface area contributed by atoms with Crippen molar-refractivity contribution in [3.8, 4) is 0 Å². The maximum atomic E-state index is 12.8. The van der Waals surface area contributed by atoms with Gasteiger partial charge in [-0.05, 0) is 38.8 Å². The molecular formula is C17H28N3O5P. The van der Waals surface area contributed by atoms with Crippen molar-refractivity contribution in [2.24, 2.45) is 5.11 Å². The summed E-state index contributed by atoms with van der Waals surface area (Å²) in [5, 5.41) is 3.52. The fourth-order valence-corrected chi connectivity index (χ4v) is 3.94. The zero-order chi connectivity index (χ0) is 19.4. The monoisotopic (exact) mass is 385 g/mol. The van der Waals surface area contributed by atoms with E-state index in [1.807, 2.05) is 30.3 Å². The molecule has 0 bridgehead atoms. The smallest absolute Gasteiger partial charge is 0.356 e. The van der Waals surface area contributed by atoms with Crippen molar-refractivity contribution < 1.29 is 23.1 Å². The number of hydrogen-bond acceptors (Lipinski definition) is 6. The number of rotatable bonds is 13. The van der Waals surface area contributed by atoms with Gasteiger partial charge in [0.15, 0.2) is 0 Å². The van der Waals surface area contributed by atoms with E-state index in [1.54, 1.807) is 27.7 Å². The van der Waals surface area contributed by atoms with Crippen LogP contribution in [-0.2, 0) is 29.7 Å². The van der Waals surface area contributed by atoms with Crippen LogP contribution in [0, 0.1) is 0 Å². The molecule has 0 aliphatic carbocycles. The zero-order valence-electron chi connectivity index (χ0n) is 15.8. The van der Waals surface area contributed by atoms with Crippen LogP contribution >= 0.6 is 7.60 Å². The van der Waals surface area contributed by atoms with E-state index in [0.29, 0.717) is 6.61 Å². The van der Waals surface area contributed by atoms with Crippen molar-refractivity contribution in [3.63, 3.8) is 0 Å². The standard InChI is InChI=1S/C17H28N3O5P/c1-14(2)24-26(21,25-15(3)4)13-23-17(10-19-20-18)12-22-11-16-8-6-5-7-9-16/h5-9,14-15,17H,10-13H2,1-4H3. The van der Waals surface area contributed by atoms with Crippen molar-refractivity contribution in [2.45, 2.75) is 52.6 Å². The third-order valence-corrected chi connectivity index (χ3v) is 4.93. The van der Waals surface area contributed by atoms with Crippen LogP contribution < -0.4 is 0 Å². The Hall–Kier alpha value is -1.40. The summed E-state index contributed by atoms with van der Waals surface area (Å²) in [6, 6.07) is 9.68. The average Bonchev–Trinajstić information content (AvgIpc) is 2.56. The highest BCUT2D eigenvalue weighted by molar-refractivity contribution is 7.53. The minimum absolute atomic E-state index is 0.0641. The molecule has 0 heterocycles. The highest BCUT2D eigenvalue weighted by atomic mass is 31.2. The van der Waals surface area contributed by atoms with E-state index in [4.69, 9.17) is 24.1 Å². The number of azide groups is 1. The Morgan fingerprint density at radius 2 is 1.73 bits per heavy atom. The van der Waals surface area contributed by atoms with Crippen LogP contribution in [-0.4, -0.2) is 37.8 Å². The van der Waals surface area contributed by atoms with Gasteiger partial charge in [-0.2, -0.15) is 0 Å². The molecule has 9 heteroatoms. The first-order valence-corrected chi connectivity index (χ1v) is 10.3. The number of benzene rings is 1. The molecule has 0 saturated carbocycles. The van der Waals surface area contributed by atoms with Gasteiger partial charge in [-0.3, -0.25) is 4.57 Å². The van der Waals surface area contributed by atoms with Crippen molar-refractivity contribution >= 4 is 7.60 Å². The quantitative estimate of drug-likeness (QED) is 0.208. The Labute approximate surface area is 154 Å². The summed E-state index contributed by atoms with van der Waals surface area (Å²) in [5.74, 6) is 0. The first-order chi connectivity index (χ1) is 12.3. The fourth-order valence-electron chi connectivity index (χ4n) is 2.09. The molecule has 8 nitrogen and oxygen atoms in total. The summed E-state index contributed by atoms with van der Waals surface area (Å²) < 4.78 is 34.9. The fraction of sp³-hybridized carbons (Fsp3) is 0.647. The highest BCUT2D eigenvalue weighted by Gasteiger charge is 2.29. The molecule has 1 rings (SSSR count). The zero-order valence-corrected chi connectivity index (χ0v) is 16.7. The van der Waals surface area contributed by atoms with Crippen LogP contribution in [0.25, 0.3) is 10.4 Å². The van der Waals surface area contributed by atoms with E-state index in [2.05, 4.69) is 10.0 Å². The SMILES string of the molecule is CC(C)OP(=O)(COC(CN=[N+]=[N-])COCc1ccccc1)OC(C)C. The van der Waals surface area contributed by atoms with Crippen molar-refractivity contribution in [3.05, 3.63) is 46.3 Å². The van der Waals surface area contributed by atoms with Gasteiger partial charge in [0.1, 0.15) is 6.35 Å². The van der Waals surface area contributed by atoms with E-state index >= 15 is 0 Å². The van der Waals surface area contributed by atoms with Gasteiger partial charge in [0.2, 0.25) is 0 Å². The molecular weight excluding hydrogens is 357 g/mol. The number of nitrogens with zero attached hydrogens (tertiary/aromatic N) is 3. The van der Waals surface area contributed by atoms with E-state index in [9.17, 15) is 4.57 Å². The van der Waals surface area contributed by atoms with Crippen LogP contribution in [0.3, 0.4) is 0 Å². The van der Waals surface area contributed by atoms with Gasteiger partial charge < -0.3 is 18.5 Å². The van der Waals surface area contributed by atoms with Crippen LogP contribution in [0.5, 0.6) is 0 Å². The highest BCUT2D eigenvalue weighted by Crippen LogP contribution is 2.50. The average molecular weight is 385 g/mol. The third kappa shape index (κ3) is 9.92. The predicted octanol–water partition coefficient (Wildman–Crippen LogP) is 4.90. The van der Waals surface area contributed by atoms with Gasteiger partial charge in [0.05, 0.1) is 38.1 Å². The Kier molecular flexibility index (Phi) is 10.5. The summed E-state index contributed by atoms with van der Waals surface area (Å²) in [6.07, 6.45) is -1.32. The first kappa shape index (κ1) is 22.6. The van der Waals surface area contributed by atoms with Crippen molar-refractivity contribution in [1.29, 1.82) is 0 Å². The van der Waals surface area contributed by atoms with Gasteiger partial charge in [0.25, 0.3) is 0 Å². The Morgan fingerprint density at radius 3 is 2.27 bits per heavy atom. The van der Waals surface area contributed by atoms with Gasteiger partial charge in [-0.1, -0.05) is 35.4 Å². The molecule has 0 aliphatic rings. The molecule has 146 valence electrons. The lowest BCUT2D eigenvalue weighted by Gasteiger charge is -2.24. The van der Waals surface area contributed by atoms with Crippen LogP contribution in [0.15, 0.2) is 35.4 Å². The molecule has 1 unspecified atom stereocenters. The molecule has 1 aromatic carbocycles. The third-order valence-electron chi connectivity index (χ3n) is 2.98. The second-order valence-corrected chi connectivity index (χ2v) is 8.15. The Bertz CT molecular complexity index is 592. The maximum Gasteiger partial charge on any atom is 0.356 e. The molecule has 0 N–H and O–H groups in total. The van der Waals surface area contributed by atoms with Gasteiger partial charge in [-0.15, -0.1) is 0 Å². The molecule has 0 aromatic heterocycles. The molecule has 0 aliphatic heterocycles. The Morgan fingerprint density at radius 1 is 1.12 bits per heavy atom. The van der Waals surface area contributed by atoms with E-state index in [0.717, 1.165) is 5.56 Å². The lowest BCUT2D eigenvalue weighted by atomic mass is 10.2. The number of hydrogen-bond donors (Lipinski definition) is 0. The van der Waals surface area contributed by atoms with Crippen LogP contribution in [0.4, 0.5) is 0 Å². The Balaban J connectivity index is 2.60. The second-order valence-electron chi connectivity index (χ2n) is 6.25. The maximum absolute atomic E-state index is 12.8. The van der Waals surface area contributed by atoms with E-state index in [-0.39, 0.29) is 31.7 Å².